The third-order valence-corrected chi connectivity index (χ3v) is 3.07. The van der Waals surface area contributed by atoms with Gasteiger partial charge >= 0.3 is 5.97 Å². The van der Waals surface area contributed by atoms with Crippen molar-refractivity contribution >= 4 is 16.7 Å². The number of carbonyl (C=O) groups is 1. The number of aryl methyl sites for hydroxylation is 1. The van der Waals surface area contributed by atoms with Crippen LogP contribution in [-0.2, 0) is 7.05 Å². The predicted molar refractivity (Wildman–Crippen MR) is 70.9 cm³/mol. The number of hydrogen-bond acceptors (Lipinski definition) is 3. The van der Waals surface area contributed by atoms with E-state index in [1.165, 1.54) is 4.68 Å². The van der Waals surface area contributed by atoms with Crippen molar-refractivity contribution in [3.8, 4) is 11.3 Å². The predicted octanol–water partition coefficient (Wildman–Crippen LogP) is 2.33. The molecular formula is C14H11N3O2. The first-order chi connectivity index (χ1) is 9.18. The number of nitrogens with zero attached hydrogens (tertiary/aromatic N) is 3. The molecule has 0 fully saturated rings. The second-order valence-corrected chi connectivity index (χ2v) is 4.24. The van der Waals surface area contributed by atoms with Crippen LogP contribution in [0.2, 0.25) is 0 Å². The van der Waals surface area contributed by atoms with Gasteiger partial charge in [0.15, 0.2) is 5.69 Å². The lowest BCUT2D eigenvalue weighted by Gasteiger charge is -2.07. The molecule has 0 aliphatic rings. The van der Waals surface area contributed by atoms with E-state index in [1.807, 2.05) is 42.5 Å². The summed E-state index contributed by atoms with van der Waals surface area (Å²) in [6.07, 6.45) is 0. The lowest BCUT2D eigenvalue weighted by molar-refractivity contribution is 0.0691. The summed E-state index contributed by atoms with van der Waals surface area (Å²) in [5.74, 6) is -1.07. The topological polar surface area (TPSA) is 68.0 Å². The molecule has 0 saturated carbocycles. The molecule has 94 valence electrons. The lowest BCUT2D eigenvalue weighted by atomic mass is 10.0. The van der Waals surface area contributed by atoms with E-state index in [4.69, 9.17) is 0 Å². The van der Waals surface area contributed by atoms with E-state index >= 15 is 0 Å². The van der Waals surface area contributed by atoms with Crippen LogP contribution in [-0.4, -0.2) is 26.1 Å². The largest absolute Gasteiger partial charge is 0.476 e. The average Bonchev–Trinajstić information content (AvgIpc) is 2.80. The fourth-order valence-corrected chi connectivity index (χ4v) is 2.23. The van der Waals surface area contributed by atoms with Crippen molar-refractivity contribution in [1.82, 2.24) is 15.0 Å². The van der Waals surface area contributed by atoms with Gasteiger partial charge in [-0.15, -0.1) is 5.10 Å². The summed E-state index contributed by atoms with van der Waals surface area (Å²) in [4.78, 5) is 11.2. The molecule has 1 heterocycles. The average molecular weight is 253 g/mol. The van der Waals surface area contributed by atoms with Crippen LogP contribution in [0.1, 0.15) is 10.5 Å². The Morgan fingerprint density at radius 1 is 1.16 bits per heavy atom. The van der Waals surface area contributed by atoms with Crippen molar-refractivity contribution in [3.05, 3.63) is 48.2 Å². The maximum Gasteiger partial charge on any atom is 0.358 e. The van der Waals surface area contributed by atoms with Crippen molar-refractivity contribution in [1.29, 1.82) is 0 Å². The zero-order chi connectivity index (χ0) is 13.4. The molecule has 3 rings (SSSR count). The summed E-state index contributed by atoms with van der Waals surface area (Å²) in [6, 6.07) is 13.6. The summed E-state index contributed by atoms with van der Waals surface area (Å²) >= 11 is 0. The second-order valence-electron chi connectivity index (χ2n) is 4.24. The van der Waals surface area contributed by atoms with Gasteiger partial charge in [0.05, 0.1) is 0 Å². The van der Waals surface area contributed by atoms with Crippen LogP contribution >= 0.6 is 0 Å². The van der Waals surface area contributed by atoms with Crippen molar-refractivity contribution < 1.29 is 9.90 Å². The van der Waals surface area contributed by atoms with Crippen LogP contribution in [0.3, 0.4) is 0 Å². The molecule has 1 N–H and O–H groups in total. The van der Waals surface area contributed by atoms with Gasteiger partial charge in [0.25, 0.3) is 0 Å². The van der Waals surface area contributed by atoms with E-state index in [0.29, 0.717) is 5.69 Å². The Kier molecular flexibility index (Phi) is 2.52. The van der Waals surface area contributed by atoms with E-state index in [1.54, 1.807) is 7.05 Å². The third-order valence-electron chi connectivity index (χ3n) is 3.07. The minimum Gasteiger partial charge on any atom is -0.476 e. The highest BCUT2D eigenvalue weighted by atomic mass is 16.4. The fraction of sp³-hybridized carbons (Fsp3) is 0.0714. The van der Waals surface area contributed by atoms with Gasteiger partial charge in [-0.05, 0) is 10.8 Å². The van der Waals surface area contributed by atoms with E-state index in [9.17, 15) is 9.90 Å². The summed E-state index contributed by atoms with van der Waals surface area (Å²) in [5, 5.41) is 18.8. The van der Waals surface area contributed by atoms with E-state index < -0.39 is 5.97 Å². The van der Waals surface area contributed by atoms with Crippen molar-refractivity contribution in [3.63, 3.8) is 0 Å². The molecule has 1 aromatic heterocycles. The number of fused-ring (bicyclic) bond motifs is 1. The quantitative estimate of drug-likeness (QED) is 0.761. The van der Waals surface area contributed by atoms with E-state index in [-0.39, 0.29) is 5.69 Å². The summed E-state index contributed by atoms with van der Waals surface area (Å²) in [6.45, 7) is 0. The molecule has 5 nitrogen and oxygen atoms in total. The molecule has 0 atom stereocenters. The Bertz CT molecular complexity index is 772. The van der Waals surface area contributed by atoms with Crippen LogP contribution in [0.5, 0.6) is 0 Å². The molecule has 0 unspecified atom stereocenters. The Labute approximate surface area is 109 Å². The van der Waals surface area contributed by atoms with Gasteiger partial charge in [0, 0.05) is 12.6 Å². The van der Waals surface area contributed by atoms with Gasteiger partial charge in [-0.25, -0.2) is 9.48 Å². The molecule has 0 amide bonds. The van der Waals surface area contributed by atoms with E-state index in [0.717, 1.165) is 16.3 Å². The van der Waals surface area contributed by atoms with Gasteiger partial charge in [-0.2, -0.15) is 0 Å². The summed E-state index contributed by atoms with van der Waals surface area (Å²) in [5.41, 5.74) is 1.31. The zero-order valence-corrected chi connectivity index (χ0v) is 10.2. The lowest BCUT2D eigenvalue weighted by Crippen LogP contribution is -2.01. The molecular weight excluding hydrogens is 242 g/mol. The number of aromatic carboxylic acids is 1. The van der Waals surface area contributed by atoms with Crippen molar-refractivity contribution in [2.75, 3.05) is 0 Å². The normalized spacial score (nSPS) is 10.8. The monoisotopic (exact) mass is 253 g/mol. The number of carboxylic acid groups (broad SMARTS) is 1. The van der Waals surface area contributed by atoms with Crippen LogP contribution in [0, 0.1) is 0 Å². The number of hydrogen-bond donors (Lipinski definition) is 1. The first-order valence-electron chi connectivity index (χ1n) is 5.79. The van der Waals surface area contributed by atoms with Crippen molar-refractivity contribution in [2.45, 2.75) is 0 Å². The smallest absolute Gasteiger partial charge is 0.358 e. The van der Waals surface area contributed by atoms with Crippen LogP contribution in [0.15, 0.2) is 42.5 Å². The Morgan fingerprint density at radius 3 is 2.68 bits per heavy atom. The number of rotatable bonds is 2. The molecule has 19 heavy (non-hydrogen) atoms. The van der Waals surface area contributed by atoms with Crippen LogP contribution < -0.4 is 0 Å². The summed E-state index contributed by atoms with van der Waals surface area (Å²) < 4.78 is 1.49. The van der Waals surface area contributed by atoms with Gasteiger partial charge in [-0.3, -0.25) is 0 Å². The third kappa shape index (κ3) is 1.76. The molecule has 0 bridgehead atoms. The first-order valence-corrected chi connectivity index (χ1v) is 5.79. The van der Waals surface area contributed by atoms with Crippen LogP contribution in [0.4, 0.5) is 0 Å². The fourth-order valence-electron chi connectivity index (χ4n) is 2.23. The van der Waals surface area contributed by atoms with Gasteiger partial charge in [0.2, 0.25) is 0 Å². The maximum atomic E-state index is 11.2. The molecule has 5 heteroatoms. The second kappa shape index (κ2) is 4.20. The van der Waals surface area contributed by atoms with Gasteiger partial charge in [-0.1, -0.05) is 47.7 Å². The molecule has 3 aromatic rings. The molecule has 0 aliphatic heterocycles. The highest BCUT2D eigenvalue weighted by Gasteiger charge is 2.20. The number of benzene rings is 2. The van der Waals surface area contributed by atoms with E-state index in [2.05, 4.69) is 10.3 Å². The molecule has 2 aromatic carbocycles. The molecule has 0 spiro atoms. The Morgan fingerprint density at radius 2 is 1.89 bits per heavy atom. The minimum atomic E-state index is -1.07. The highest BCUT2D eigenvalue weighted by Crippen LogP contribution is 2.29. The molecule has 0 aliphatic carbocycles. The van der Waals surface area contributed by atoms with Gasteiger partial charge < -0.3 is 5.11 Å². The molecule has 0 saturated heterocycles. The molecule has 0 radical (unpaired) electrons. The van der Waals surface area contributed by atoms with Crippen molar-refractivity contribution in [2.24, 2.45) is 7.05 Å². The number of carboxylic acids is 1. The minimum absolute atomic E-state index is 0.0288. The summed E-state index contributed by atoms with van der Waals surface area (Å²) in [7, 11) is 1.69. The SMILES string of the molecule is Cn1nnc(C(=O)O)c1-c1cccc2ccccc12. The Hall–Kier alpha value is -2.69. The maximum absolute atomic E-state index is 11.2. The van der Waals surface area contributed by atoms with Gasteiger partial charge in [0.1, 0.15) is 5.69 Å². The standard InChI is InChI=1S/C14H11N3O2/c1-17-13(12(14(18)19)15-16-17)11-8-4-6-9-5-2-3-7-10(9)11/h2-8H,1H3,(H,18,19). The van der Waals surface area contributed by atoms with Crippen LogP contribution in [0.25, 0.3) is 22.0 Å². The highest BCUT2D eigenvalue weighted by molar-refractivity contribution is 6.01. The number of aromatic nitrogens is 3. The first kappa shape index (κ1) is 11.4. The zero-order valence-electron chi connectivity index (χ0n) is 10.2. The Balaban J connectivity index is 2.37.